The summed E-state index contributed by atoms with van der Waals surface area (Å²) in [5.41, 5.74) is 1.30. The van der Waals surface area contributed by atoms with Gasteiger partial charge in [-0.2, -0.15) is 18.9 Å². The minimum absolute atomic E-state index is 0.0651. The number of nitrogens with one attached hydrogen (secondary N) is 3. The van der Waals surface area contributed by atoms with Gasteiger partial charge in [-0.05, 0) is 23.6 Å². The van der Waals surface area contributed by atoms with E-state index in [4.69, 9.17) is 11.6 Å². The van der Waals surface area contributed by atoms with Crippen molar-refractivity contribution >= 4 is 35.0 Å². The molecule has 1 amide bonds. The Hall–Kier alpha value is -3.47. The fourth-order valence-corrected chi connectivity index (χ4v) is 2.89. The summed E-state index contributed by atoms with van der Waals surface area (Å²) < 4.78 is 30.7. The highest BCUT2D eigenvalue weighted by molar-refractivity contribution is 6.32. The molecule has 0 fully saturated rings. The van der Waals surface area contributed by atoms with Crippen molar-refractivity contribution in [3.05, 3.63) is 53.4 Å². The molecule has 0 atom stereocenters. The molecule has 0 radical (unpaired) electrons. The van der Waals surface area contributed by atoms with Gasteiger partial charge in [-0.1, -0.05) is 37.6 Å². The fourth-order valence-electron chi connectivity index (χ4n) is 2.73. The summed E-state index contributed by atoms with van der Waals surface area (Å²) in [6.45, 7) is 2.12. The van der Waals surface area contributed by atoms with Gasteiger partial charge in [0.1, 0.15) is 17.3 Å². The van der Waals surface area contributed by atoms with Crippen molar-refractivity contribution in [2.45, 2.75) is 33.5 Å². The van der Waals surface area contributed by atoms with Crippen LogP contribution in [0.1, 0.15) is 19.4 Å². The van der Waals surface area contributed by atoms with E-state index in [1.165, 1.54) is 23.0 Å². The number of carbonyl (C=O) groups is 1. The zero-order valence-electron chi connectivity index (χ0n) is 18.1. The highest BCUT2D eigenvalue weighted by Crippen LogP contribution is 2.23. The molecule has 0 aliphatic heterocycles. The predicted octanol–water partition coefficient (Wildman–Crippen LogP) is 4.06. The molecule has 12 heteroatoms. The number of hydrogen-bond donors (Lipinski definition) is 3. The number of benzene rings is 1. The molecule has 33 heavy (non-hydrogen) atoms. The fraction of sp³-hybridized carbons (Fsp3) is 0.333. The molecule has 3 rings (SSSR count). The minimum Gasteiger partial charge on any atom is -0.435 e. The first-order valence-electron chi connectivity index (χ1n) is 10.1. The third-order valence-electron chi connectivity index (χ3n) is 4.23. The van der Waals surface area contributed by atoms with E-state index in [9.17, 15) is 13.6 Å². The van der Waals surface area contributed by atoms with Gasteiger partial charge >= 0.3 is 6.61 Å². The third kappa shape index (κ3) is 7.86. The first-order valence-corrected chi connectivity index (χ1v) is 10.5. The molecule has 0 spiro atoms. The lowest BCUT2D eigenvalue weighted by Gasteiger charge is -2.11. The number of anilines is 3. The van der Waals surface area contributed by atoms with Crippen LogP contribution in [-0.2, 0) is 17.9 Å². The molecule has 2 aromatic heterocycles. The van der Waals surface area contributed by atoms with Gasteiger partial charge in [0.15, 0.2) is 5.82 Å². The zero-order chi connectivity index (χ0) is 23.8. The molecule has 3 aromatic rings. The second-order valence-electron chi connectivity index (χ2n) is 7.52. The largest absolute Gasteiger partial charge is 0.435 e. The van der Waals surface area contributed by atoms with Crippen molar-refractivity contribution in [1.29, 1.82) is 0 Å². The highest BCUT2D eigenvalue weighted by Gasteiger charge is 2.10. The van der Waals surface area contributed by atoms with E-state index in [2.05, 4.69) is 35.8 Å². The number of nitrogens with zero attached hydrogens (tertiary/aromatic N) is 4. The van der Waals surface area contributed by atoms with Crippen LogP contribution in [0.2, 0.25) is 5.02 Å². The Labute approximate surface area is 194 Å². The lowest BCUT2D eigenvalue weighted by Crippen LogP contribution is -2.30. The molecule has 0 aliphatic rings. The van der Waals surface area contributed by atoms with Gasteiger partial charge in [-0.3, -0.25) is 9.48 Å². The standard InChI is InChI=1S/C21H24ClF2N7O2/c1-13(2)7-25-18(32)12-31-11-15(9-28-31)29-21-27-10-17(22)19(30-21)26-8-14-4-3-5-16(6-14)33-20(23)24/h3-6,9-11,13,20H,7-8,12H2,1-2H3,(H,25,32)(H2,26,27,29,30). The van der Waals surface area contributed by atoms with Crippen molar-refractivity contribution in [3.63, 3.8) is 0 Å². The van der Waals surface area contributed by atoms with E-state index < -0.39 is 6.61 Å². The molecule has 0 unspecified atom stereocenters. The van der Waals surface area contributed by atoms with Crippen LogP contribution in [0.15, 0.2) is 42.9 Å². The van der Waals surface area contributed by atoms with Crippen LogP contribution < -0.4 is 20.7 Å². The average Bonchev–Trinajstić information content (AvgIpc) is 3.19. The van der Waals surface area contributed by atoms with Gasteiger partial charge in [-0.15, -0.1) is 0 Å². The summed E-state index contributed by atoms with van der Waals surface area (Å²) in [5.74, 6) is 0.921. The van der Waals surface area contributed by atoms with E-state index in [-0.39, 0.29) is 35.7 Å². The van der Waals surface area contributed by atoms with Crippen LogP contribution in [0, 0.1) is 5.92 Å². The second-order valence-corrected chi connectivity index (χ2v) is 7.93. The highest BCUT2D eigenvalue weighted by atomic mass is 35.5. The van der Waals surface area contributed by atoms with Crippen molar-refractivity contribution in [2.75, 3.05) is 17.2 Å². The molecular formula is C21H24ClF2N7O2. The van der Waals surface area contributed by atoms with Gasteiger partial charge in [0.2, 0.25) is 11.9 Å². The predicted molar refractivity (Wildman–Crippen MR) is 121 cm³/mol. The van der Waals surface area contributed by atoms with Crippen molar-refractivity contribution in [3.8, 4) is 5.75 Å². The van der Waals surface area contributed by atoms with E-state index in [1.54, 1.807) is 24.5 Å². The molecular weight excluding hydrogens is 456 g/mol. The average molecular weight is 480 g/mol. The molecule has 2 heterocycles. The van der Waals surface area contributed by atoms with Crippen molar-refractivity contribution in [2.24, 2.45) is 5.92 Å². The molecule has 176 valence electrons. The number of amides is 1. The maximum absolute atomic E-state index is 12.4. The normalized spacial score (nSPS) is 11.0. The maximum Gasteiger partial charge on any atom is 0.387 e. The molecule has 3 N–H and O–H groups in total. The molecule has 0 aliphatic carbocycles. The number of halogens is 3. The van der Waals surface area contributed by atoms with Gasteiger partial charge in [0.05, 0.1) is 18.1 Å². The summed E-state index contributed by atoms with van der Waals surface area (Å²) in [4.78, 5) is 20.4. The molecule has 1 aromatic carbocycles. The van der Waals surface area contributed by atoms with Crippen LogP contribution in [0.5, 0.6) is 5.75 Å². The van der Waals surface area contributed by atoms with E-state index in [0.717, 1.165) is 0 Å². The van der Waals surface area contributed by atoms with Crippen LogP contribution in [0.4, 0.5) is 26.2 Å². The van der Waals surface area contributed by atoms with Gasteiger partial charge < -0.3 is 20.7 Å². The Morgan fingerprint density at radius 1 is 1.27 bits per heavy atom. The monoisotopic (exact) mass is 479 g/mol. The number of hydrogen-bond acceptors (Lipinski definition) is 7. The van der Waals surface area contributed by atoms with Crippen LogP contribution in [0.25, 0.3) is 0 Å². The first-order chi connectivity index (χ1) is 15.8. The maximum atomic E-state index is 12.4. The van der Waals surface area contributed by atoms with Crippen LogP contribution in [0.3, 0.4) is 0 Å². The number of ether oxygens (including phenoxy) is 1. The molecule has 0 saturated heterocycles. The second kappa shape index (κ2) is 11.4. The van der Waals surface area contributed by atoms with Gasteiger partial charge in [0.25, 0.3) is 0 Å². The Morgan fingerprint density at radius 3 is 2.85 bits per heavy atom. The lowest BCUT2D eigenvalue weighted by molar-refractivity contribution is -0.122. The lowest BCUT2D eigenvalue weighted by atomic mass is 10.2. The van der Waals surface area contributed by atoms with Crippen molar-refractivity contribution in [1.82, 2.24) is 25.1 Å². The third-order valence-corrected chi connectivity index (χ3v) is 4.51. The summed E-state index contributed by atoms with van der Waals surface area (Å²) in [5, 5.41) is 13.3. The van der Waals surface area contributed by atoms with E-state index in [1.807, 2.05) is 13.8 Å². The topological polar surface area (TPSA) is 106 Å². The Morgan fingerprint density at radius 2 is 2.09 bits per heavy atom. The molecule has 0 saturated carbocycles. The van der Waals surface area contributed by atoms with Gasteiger partial charge in [-0.25, -0.2) is 4.98 Å². The van der Waals surface area contributed by atoms with Crippen LogP contribution >= 0.6 is 11.6 Å². The zero-order valence-corrected chi connectivity index (χ0v) is 18.8. The quantitative estimate of drug-likeness (QED) is 0.381. The van der Waals surface area contributed by atoms with E-state index >= 15 is 0 Å². The SMILES string of the molecule is CC(C)CNC(=O)Cn1cc(Nc2ncc(Cl)c(NCc3cccc(OC(F)F)c3)n2)cn1. The van der Waals surface area contributed by atoms with Gasteiger partial charge in [0, 0.05) is 19.3 Å². The van der Waals surface area contributed by atoms with E-state index in [0.29, 0.717) is 29.5 Å². The van der Waals surface area contributed by atoms with Crippen molar-refractivity contribution < 1.29 is 18.3 Å². The molecule has 0 bridgehead atoms. The Bertz CT molecular complexity index is 1080. The Kier molecular flexibility index (Phi) is 8.36. The number of rotatable bonds is 11. The number of carbonyl (C=O) groups excluding carboxylic acids is 1. The summed E-state index contributed by atoms with van der Waals surface area (Å²) in [6, 6.07) is 6.32. The Balaban J connectivity index is 1.59. The number of aromatic nitrogens is 4. The van der Waals surface area contributed by atoms with Crippen LogP contribution in [-0.4, -0.2) is 38.8 Å². The summed E-state index contributed by atoms with van der Waals surface area (Å²) >= 11 is 6.18. The summed E-state index contributed by atoms with van der Waals surface area (Å²) in [6.07, 6.45) is 4.64. The summed E-state index contributed by atoms with van der Waals surface area (Å²) in [7, 11) is 0. The molecule has 9 nitrogen and oxygen atoms in total. The number of alkyl halides is 2. The minimum atomic E-state index is -2.89. The smallest absolute Gasteiger partial charge is 0.387 e. The first kappa shape index (κ1) is 24.2.